The van der Waals surface area contributed by atoms with E-state index in [9.17, 15) is 9.59 Å². The first kappa shape index (κ1) is 19.0. The minimum Gasteiger partial charge on any atom is -0.459 e. The number of carbonyl (C=O) groups excluding carboxylic acids is 2. The lowest BCUT2D eigenvalue weighted by molar-refractivity contribution is -0.146. The van der Waals surface area contributed by atoms with Crippen molar-refractivity contribution in [1.29, 1.82) is 0 Å². The molecule has 1 aliphatic heterocycles. The summed E-state index contributed by atoms with van der Waals surface area (Å²) < 4.78 is 5.94. The highest BCUT2D eigenvalue weighted by Crippen LogP contribution is 2.43. The van der Waals surface area contributed by atoms with Crippen LogP contribution in [0.4, 0.5) is 0 Å². The molecule has 1 fully saturated rings. The van der Waals surface area contributed by atoms with Gasteiger partial charge in [-0.2, -0.15) is 0 Å². The summed E-state index contributed by atoms with van der Waals surface area (Å²) >= 11 is 0. The largest absolute Gasteiger partial charge is 0.459 e. The van der Waals surface area contributed by atoms with E-state index in [2.05, 4.69) is 5.32 Å². The van der Waals surface area contributed by atoms with Gasteiger partial charge >= 0.3 is 5.97 Å². The van der Waals surface area contributed by atoms with Crippen molar-refractivity contribution >= 4 is 11.8 Å². The third-order valence-corrected chi connectivity index (χ3v) is 6.32. The van der Waals surface area contributed by atoms with Gasteiger partial charge in [0.2, 0.25) is 0 Å². The lowest BCUT2D eigenvalue weighted by Gasteiger charge is -2.35. The first-order valence-corrected chi connectivity index (χ1v) is 10.6. The van der Waals surface area contributed by atoms with E-state index in [0.717, 1.165) is 66.6 Å². The average molecular weight is 380 g/mol. The Morgan fingerprint density at radius 2 is 1.79 bits per heavy atom. The molecular weight excluding hydrogens is 350 g/mol. The van der Waals surface area contributed by atoms with Crippen molar-refractivity contribution in [2.24, 2.45) is 0 Å². The van der Waals surface area contributed by atoms with Gasteiger partial charge in [-0.1, -0.05) is 30.7 Å². The number of hydrogen-bond acceptors (Lipinski definition) is 4. The van der Waals surface area contributed by atoms with E-state index in [1.54, 1.807) is 0 Å². The first-order chi connectivity index (χ1) is 13.6. The van der Waals surface area contributed by atoms with Crippen molar-refractivity contribution in [3.05, 3.63) is 57.9 Å². The Hall–Kier alpha value is -2.36. The van der Waals surface area contributed by atoms with E-state index >= 15 is 0 Å². The molecule has 4 rings (SSSR count). The number of Topliss-reactive ketones (excluding diaryl/α,β-unsaturated/α-hetero) is 1. The Bertz CT molecular complexity index is 858. The highest BCUT2D eigenvalue weighted by molar-refractivity contribution is 6.03. The zero-order valence-electron chi connectivity index (χ0n) is 16.8. The molecule has 0 amide bonds. The molecule has 1 N–H and O–H groups in total. The van der Waals surface area contributed by atoms with Gasteiger partial charge in [-0.25, -0.2) is 4.79 Å². The van der Waals surface area contributed by atoms with E-state index in [-0.39, 0.29) is 23.8 Å². The molecule has 4 nitrogen and oxygen atoms in total. The summed E-state index contributed by atoms with van der Waals surface area (Å²) in [5.74, 6) is -0.450. The zero-order valence-corrected chi connectivity index (χ0v) is 16.8. The standard InChI is InChI=1S/C24H29NO3/c1-15-9-6-7-12-18(15)22-21(24(27)28-17-10-4-3-5-11-17)16(2)25-19-13-8-14-20(26)23(19)22/h6-7,9,12,17,22,25H,3-5,8,10-11,13-14H2,1-2H3/t22-/m0/s1. The maximum absolute atomic E-state index is 13.3. The fourth-order valence-corrected chi connectivity index (χ4v) is 4.87. The fraction of sp³-hybridized carbons (Fsp3) is 0.500. The molecule has 0 radical (unpaired) electrons. The Kier molecular flexibility index (Phi) is 5.38. The summed E-state index contributed by atoms with van der Waals surface area (Å²) in [5.41, 5.74) is 5.30. The average Bonchev–Trinajstić information content (AvgIpc) is 2.68. The van der Waals surface area contributed by atoms with Gasteiger partial charge in [0.25, 0.3) is 0 Å². The quantitative estimate of drug-likeness (QED) is 0.764. The molecule has 1 atom stereocenters. The summed E-state index contributed by atoms with van der Waals surface area (Å²) in [6, 6.07) is 8.06. The van der Waals surface area contributed by atoms with E-state index in [0.29, 0.717) is 12.0 Å². The number of benzene rings is 1. The molecule has 2 aliphatic carbocycles. The first-order valence-electron chi connectivity index (χ1n) is 10.6. The van der Waals surface area contributed by atoms with Gasteiger partial charge in [0.15, 0.2) is 5.78 Å². The Morgan fingerprint density at radius 1 is 1.04 bits per heavy atom. The molecule has 1 saturated carbocycles. The molecule has 0 unspecified atom stereocenters. The van der Waals surface area contributed by atoms with Gasteiger partial charge in [-0.15, -0.1) is 0 Å². The summed E-state index contributed by atoms with van der Waals surface area (Å²) in [6.45, 7) is 3.98. The van der Waals surface area contributed by atoms with Crippen LogP contribution in [0.3, 0.4) is 0 Å². The van der Waals surface area contributed by atoms with Crippen LogP contribution >= 0.6 is 0 Å². The second-order valence-corrected chi connectivity index (χ2v) is 8.29. The van der Waals surface area contributed by atoms with Crippen molar-refractivity contribution in [2.75, 3.05) is 0 Å². The molecule has 1 heterocycles. The molecule has 4 heteroatoms. The molecule has 148 valence electrons. The van der Waals surface area contributed by atoms with E-state index in [1.165, 1.54) is 6.42 Å². The van der Waals surface area contributed by atoms with Gasteiger partial charge in [0, 0.05) is 29.3 Å². The van der Waals surface area contributed by atoms with Crippen LogP contribution in [0.2, 0.25) is 0 Å². The molecule has 1 aromatic carbocycles. The van der Waals surface area contributed by atoms with Crippen molar-refractivity contribution in [3.8, 4) is 0 Å². The van der Waals surface area contributed by atoms with Gasteiger partial charge in [0.05, 0.1) is 5.57 Å². The number of ketones is 1. The van der Waals surface area contributed by atoms with E-state index in [4.69, 9.17) is 4.74 Å². The summed E-state index contributed by atoms with van der Waals surface area (Å²) in [6.07, 6.45) is 7.58. The summed E-state index contributed by atoms with van der Waals surface area (Å²) in [4.78, 5) is 26.2. The van der Waals surface area contributed by atoms with Crippen molar-refractivity contribution in [1.82, 2.24) is 5.32 Å². The van der Waals surface area contributed by atoms with Crippen molar-refractivity contribution in [3.63, 3.8) is 0 Å². The van der Waals surface area contributed by atoms with E-state index < -0.39 is 0 Å². The van der Waals surface area contributed by atoms with Crippen LogP contribution in [0.15, 0.2) is 46.8 Å². The molecule has 28 heavy (non-hydrogen) atoms. The molecule has 0 saturated heterocycles. The van der Waals surface area contributed by atoms with Crippen LogP contribution in [-0.2, 0) is 14.3 Å². The smallest absolute Gasteiger partial charge is 0.337 e. The van der Waals surface area contributed by atoms with Crippen LogP contribution in [0.1, 0.15) is 75.3 Å². The van der Waals surface area contributed by atoms with Gasteiger partial charge < -0.3 is 10.1 Å². The van der Waals surface area contributed by atoms with E-state index in [1.807, 2.05) is 38.1 Å². The minimum absolute atomic E-state index is 0.00324. The number of dihydropyridines is 1. The summed E-state index contributed by atoms with van der Waals surface area (Å²) in [5, 5.41) is 3.37. The van der Waals surface area contributed by atoms with Gasteiger partial charge in [-0.3, -0.25) is 4.79 Å². The Labute approximate surface area is 167 Å². The number of hydrogen-bond donors (Lipinski definition) is 1. The fourth-order valence-electron chi connectivity index (χ4n) is 4.87. The third kappa shape index (κ3) is 3.52. The Morgan fingerprint density at radius 3 is 2.54 bits per heavy atom. The number of ether oxygens (including phenoxy) is 1. The maximum Gasteiger partial charge on any atom is 0.337 e. The third-order valence-electron chi connectivity index (χ3n) is 6.32. The normalized spacial score (nSPS) is 23.4. The zero-order chi connectivity index (χ0) is 19.7. The second kappa shape index (κ2) is 7.94. The predicted molar refractivity (Wildman–Crippen MR) is 109 cm³/mol. The number of rotatable bonds is 3. The monoisotopic (exact) mass is 379 g/mol. The second-order valence-electron chi connectivity index (χ2n) is 8.29. The van der Waals surface area contributed by atoms with Crippen LogP contribution in [0, 0.1) is 6.92 Å². The predicted octanol–water partition coefficient (Wildman–Crippen LogP) is 4.84. The van der Waals surface area contributed by atoms with Crippen LogP contribution in [-0.4, -0.2) is 17.9 Å². The van der Waals surface area contributed by atoms with Crippen molar-refractivity contribution in [2.45, 2.75) is 77.2 Å². The van der Waals surface area contributed by atoms with Crippen LogP contribution < -0.4 is 5.32 Å². The molecule has 0 spiro atoms. The molecule has 1 aromatic rings. The lowest BCUT2D eigenvalue weighted by atomic mass is 9.74. The number of carbonyl (C=O) groups is 2. The molecule has 3 aliphatic rings. The highest BCUT2D eigenvalue weighted by atomic mass is 16.5. The van der Waals surface area contributed by atoms with Gasteiger partial charge in [-0.05, 0) is 63.5 Å². The SMILES string of the molecule is CC1=C(C(=O)OC2CCCCC2)[C@H](c2ccccc2C)C2=C(CCCC2=O)N1. The number of esters is 1. The molecular formula is C24H29NO3. The van der Waals surface area contributed by atoms with Gasteiger partial charge in [0.1, 0.15) is 6.10 Å². The van der Waals surface area contributed by atoms with Crippen LogP contribution in [0.25, 0.3) is 0 Å². The number of nitrogens with one attached hydrogen (secondary N) is 1. The molecule has 0 bridgehead atoms. The van der Waals surface area contributed by atoms with Crippen molar-refractivity contribution < 1.29 is 14.3 Å². The lowest BCUT2D eigenvalue weighted by Crippen LogP contribution is -2.35. The minimum atomic E-state index is -0.332. The molecule has 0 aromatic heterocycles. The summed E-state index contributed by atoms with van der Waals surface area (Å²) in [7, 11) is 0. The highest BCUT2D eigenvalue weighted by Gasteiger charge is 2.40. The number of allylic oxidation sites excluding steroid dienone is 3. The Balaban J connectivity index is 1.75. The van der Waals surface area contributed by atoms with Crippen LogP contribution in [0.5, 0.6) is 0 Å². The maximum atomic E-state index is 13.3. The topological polar surface area (TPSA) is 55.4 Å². The number of aryl methyl sites for hydroxylation is 1.